The smallest absolute Gasteiger partial charge is 0.221 e. The van der Waals surface area contributed by atoms with Crippen LogP contribution in [0.3, 0.4) is 0 Å². The van der Waals surface area contributed by atoms with Crippen molar-refractivity contribution < 1.29 is 14.3 Å². The molecule has 0 bridgehead atoms. The molecular weight excluding hydrogens is 415 g/mol. The monoisotopic (exact) mass is 442 g/mol. The Kier molecular flexibility index (Phi) is 7.59. The lowest BCUT2D eigenvalue weighted by atomic mass is 10.00. The molecule has 6 nitrogen and oxygen atoms in total. The van der Waals surface area contributed by atoms with E-state index in [0.717, 1.165) is 31.3 Å². The first-order valence-corrected chi connectivity index (χ1v) is 11.2. The summed E-state index contributed by atoms with van der Waals surface area (Å²) < 4.78 is 14.3. The Morgan fingerprint density at radius 3 is 2.58 bits per heavy atom. The Labute approximate surface area is 185 Å². The zero-order valence-corrected chi connectivity index (χ0v) is 18.7. The van der Waals surface area contributed by atoms with Crippen LogP contribution in [0.1, 0.15) is 20.8 Å². The molecule has 3 aromatic rings. The van der Waals surface area contributed by atoms with Gasteiger partial charge < -0.3 is 20.6 Å². The predicted octanol–water partition coefficient (Wildman–Crippen LogP) is 4.72. The summed E-state index contributed by atoms with van der Waals surface area (Å²) in [6.07, 6.45) is 0. The maximum atomic E-state index is 14.3. The molecule has 1 saturated heterocycles. The number of halogens is 1. The van der Waals surface area contributed by atoms with Crippen LogP contribution in [0.25, 0.3) is 22.4 Å². The molecule has 1 aromatic heterocycles. The highest BCUT2D eigenvalue weighted by Crippen LogP contribution is 2.40. The van der Waals surface area contributed by atoms with E-state index in [4.69, 9.17) is 4.98 Å². The zero-order valence-electron chi connectivity index (χ0n) is 17.9. The molecule has 0 spiro atoms. The van der Waals surface area contributed by atoms with Crippen molar-refractivity contribution in [1.29, 1.82) is 0 Å². The van der Waals surface area contributed by atoms with Crippen molar-refractivity contribution >= 4 is 28.1 Å². The minimum atomic E-state index is -0.558. The molecule has 1 fully saturated rings. The fraction of sp³-hybridized carbons (Fsp3) is 0.304. The van der Waals surface area contributed by atoms with E-state index in [-0.39, 0.29) is 17.3 Å². The lowest BCUT2D eigenvalue weighted by Gasteiger charge is -2.26. The SMILES string of the molecule is CC.CC(=O)Nc1ccc(-c2cccc(-c3csc(N4CCNCC4)n3)c2O)cc1F. The van der Waals surface area contributed by atoms with E-state index in [1.54, 1.807) is 29.5 Å². The van der Waals surface area contributed by atoms with Crippen molar-refractivity contribution in [2.75, 3.05) is 36.4 Å². The van der Waals surface area contributed by atoms with Crippen molar-refractivity contribution in [1.82, 2.24) is 10.3 Å². The maximum absolute atomic E-state index is 14.3. The number of piperazine rings is 1. The van der Waals surface area contributed by atoms with Gasteiger partial charge in [0.2, 0.25) is 5.91 Å². The third-order valence-electron chi connectivity index (χ3n) is 4.78. The molecule has 3 N–H and O–H groups in total. The summed E-state index contributed by atoms with van der Waals surface area (Å²) in [4.78, 5) is 18.1. The summed E-state index contributed by atoms with van der Waals surface area (Å²) in [5.41, 5.74) is 2.43. The van der Waals surface area contributed by atoms with E-state index in [2.05, 4.69) is 15.5 Å². The number of amides is 1. The van der Waals surface area contributed by atoms with Crippen molar-refractivity contribution in [2.24, 2.45) is 0 Å². The third-order valence-corrected chi connectivity index (χ3v) is 5.68. The molecule has 1 amide bonds. The number of hydrogen-bond donors (Lipinski definition) is 3. The Bertz CT molecular complexity index is 1050. The lowest BCUT2D eigenvalue weighted by Crippen LogP contribution is -2.43. The van der Waals surface area contributed by atoms with Gasteiger partial charge in [0, 0.05) is 49.6 Å². The predicted molar refractivity (Wildman–Crippen MR) is 125 cm³/mol. The molecule has 4 rings (SSSR count). The first kappa shape index (κ1) is 22.7. The van der Waals surface area contributed by atoms with E-state index >= 15 is 0 Å². The highest BCUT2D eigenvalue weighted by Gasteiger charge is 2.18. The van der Waals surface area contributed by atoms with Crippen molar-refractivity contribution in [2.45, 2.75) is 20.8 Å². The summed E-state index contributed by atoms with van der Waals surface area (Å²) in [5, 5.41) is 19.5. The number of rotatable bonds is 4. The van der Waals surface area contributed by atoms with Gasteiger partial charge in [-0.1, -0.05) is 32.0 Å². The van der Waals surface area contributed by atoms with Gasteiger partial charge in [-0.05, 0) is 23.8 Å². The number of para-hydroxylation sites is 1. The summed E-state index contributed by atoms with van der Waals surface area (Å²) in [6.45, 7) is 8.98. The summed E-state index contributed by atoms with van der Waals surface area (Å²) in [5.74, 6) is -0.848. The van der Waals surface area contributed by atoms with Crippen LogP contribution in [0.15, 0.2) is 41.8 Å². The van der Waals surface area contributed by atoms with Gasteiger partial charge in [-0.25, -0.2) is 9.37 Å². The van der Waals surface area contributed by atoms with Crippen LogP contribution >= 0.6 is 11.3 Å². The minimum Gasteiger partial charge on any atom is -0.507 e. The molecule has 0 unspecified atom stereocenters. The van der Waals surface area contributed by atoms with Gasteiger partial charge in [0.25, 0.3) is 0 Å². The van der Waals surface area contributed by atoms with Gasteiger partial charge in [-0.15, -0.1) is 11.3 Å². The molecule has 0 radical (unpaired) electrons. The summed E-state index contributed by atoms with van der Waals surface area (Å²) in [6, 6.07) is 9.81. The molecule has 2 heterocycles. The van der Waals surface area contributed by atoms with Gasteiger partial charge in [0.15, 0.2) is 5.13 Å². The Morgan fingerprint density at radius 2 is 1.90 bits per heavy atom. The van der Waals surface area contributed by atoms with E-state index in [0.29, 0.717) is 22.4 Å². The fourth-order valence-electron chi connectivity index (χ4n) is 3.35. The molecule has 0 saturated carbocycles. The molecule has 0 aliphatic carbocycles. The molecule has 0 atom stereocenters. The van der Waals surface area contributed by atoms with Crippen LogP contribution in [0.2, 0.25) is 0 Å². The Balaban J connectivity index is 0.00000132. The highest BCUT2D eigenvalue weighted by atomic mass is 32.1. The molecule has 31 heavy (non-hydrogen) atoms. The second-order valence-corrected chi connectivity index (χ2v) is 7.67. The van der Waals surface area contributed by atoms with Crippen LogP contribution in [0.4, 0.5) is 15.2 Å². The molecule has 1 aliphatic rings. The molecular formula is C23H27FN4O2S. The Morgan fingerprint density at radius 1 is 1.19 bits per heavy atom. The number of carbonyl (C=O) groups is 1. The fourth-order valence-corrected chi connectivity index (χ4v) is 4.23. The van der Waals surface area contributed by atoms with Gasteiger partial charge in [0.05, 0.1) is 11.4 Å². The summed E-state index contributed by atoms with van der Waals surface area (Å²) >= 11 is 1.55. The average molecular weight is 443 g/mol. The molecule has 164 valence electrons. The lowest BCUT2D eigenvalue weighted by molar-refractivity contribution is -0.114. The van der Waals surface area contributed by atoms with Crippen molar-refractivity contribution in [3.63, 3.8) is 0 Å². The van der Waals surface area contributed by atoms with Crippen LogP contribution in [-0.2, 0) is 4.79 Å². The largest absolute Gasteiger partial charge is 0.507 e. The zero-order chi connectivity index (χ0) is 22.4. The normalized spacial score (nSPS) is 13.4. The number of aromatic nitrogens is 1. The topological polar surface area (TPSA) is 77.5 Å². The van der Waals surface area contributed by atoms with Gasteiger partial charge in [0.1, 0.15) is 11.6 Å². The molecule has 8 heteroatoms. The van der Waals surface area contributed by atoms with Crippen LogP contribution in [0.5, 0.6) is 5.75 Å². The number of carbonyl (C=O) groups excluding carboxylic acids is 1. The number of anilines is 2. The number of aromatic hydroxyl groups is 1. The third kappa shape index (κ3) is 5.21. The molecule has 1 aliphatic heterocycles. The minimum absolute atomic E-state index is 0.0522. The quantitative estimate of drug-likeness (QED) is 0.545. The van der Waals surface area contributed by atoms with E-state index in [1.807, 2.05) is 25.3 Å². The maximum Gasteiger partial charge on any atom is 0.221 e. The number of hydrogen-bond acceptors (Lipinski definition) is 6. The van der Waals surface area contributed by atoms with Crippen molar-refractivity contribution in [3.05, 3.63) is 47.6 Å². The second kappa shape index (κ2) is 10.4. The average Bonchev–Trinajstić information content (AvgIpc) is 3.27. The van der Waals surface area contributed by atoms with Gasteiger partial charge in [-0.2, -0.15) is 0 Å². The number of phenolic OH excluding ortho intramolecular Hbond substituents is 1. The molecule has 2 aromatic carbocycles. The van der Waals surface area contributed by atoms with Gasteiger partial charge in [-0.3, -0.25) is 4.79 Å². The summed E-state index contributed by atoms with van der Waals surface area (Å²) in [7, 11) is 0. The standard InChI is InChI=1S/C21H21FN4O2S.C2H6/c1-13(27)24-18-6-5-14(11-17(18)22)15-3-2-4-16(20(15)28)19-12-29-21(25-19)26-9-7-23-8-10-26;1-2/h2-6,11-12,23,28H,7-10H2,1H3,(H,24,27);1-2H3. The second-order valence-electron chi connectivity index (χ2n) is 6.83. The number of benzene rings is 2. The number of thiazole rings is 1. The van der Waals surface area contributed by atoms with E-state index in [9.17, 15) is 14.3 Å². The van der Waals surface area contributed by atoms with Crippen LogP contribution in [0, 0.1) is 5.82 Å². The number of nitrogens with zero attached hydrogens (tertiary/aromatic N) is 2. The number of phenols is 1. The number of nitrogens with one attached hydrogen (secondary N) is 2. The first-order chi connectivity index (χ1) is 15.0. The van der Waals surface area contributed by atoms with E-state index in [1.165, 1.54) is 19.1 Å². The van der Waals surface area contributed by atoms with Gasteiger partial charge >= 0.3 is 0 Å². The highest BCUT2D eigenvalue weighted by molar-refractivity contribution is 7.14. The van der Waals surface area contributed by atoms with Crippen LogP contribution in [-0.4, -0.2) is 42.2 Å². The Hall–Kier alpha value is -2.97. The van der Waals surface area contributed by atoms with Crippen LogP contribution < -0.4 is 15.5 Å². The van der Waals surface area contributed by atoms with Crippen molar-refractivity contribution in [3.8, 4) is 28.1 Å². The first-order valence-electron chi connectivity index (χ1n) is 10.3. The van der Waals surface area contributed by atoms with E-state index < -0.39 is 5.82 Å².